The van der Waals surface area contributed by atoms with Crippen molar-refractivity contribution in [2.45, 2.75) is 6.92 Å². The summed E-state index contributed by atoms with van der Waals surface area (Å²) >= 11 is 0. The van der Waals surface area contributed by atoms with Crippen LogP contribution in [-0.2, 0) is 4.74 Å². The Hall–Kier alpha value is -1.67. The Bertz CT molecular complexity index is 330. The van der Waals surface area contributed by atoms with E-state index in [0.29, 0.717) is 12.3 Å². The lowest BCUT2D eigenvalue weighted by atomic mass is 10.4. The highest BCUT2D eigenvalue weighted by atomic mass is 16.5. The van der Waals surface area contributed by atoms with Gasteiger partial charge in [-0.3, -0.25) is 0 Å². The van der Waals surface area contributed by atoms with Gasteiger partial charge in [-0.25, -0.2) is 9.97 Å². The molecule has 0 spiro atoms. The van der Waals surface area contributed by atoms with Gasteiger partial charge in [0.25, 0.3) is 0 Å². The van der Waals surface area contributed by atoms with E-state index in [0.717, 1.165) is 18.9 Å². The summed E-state index contributed by atoms with van der Waals surface area (Å²) < 4.78 is 5.00. The number of ether oxygens (including phenoxy) is 1. The second kappa shape index (κ2) is 5.94. The number of methoxy groups -OCH3 is 1. The molecule has 5 heteroatoms. The molecule has 1 aromatic heterocycles. The molecule has 0 aliphatic heterocycles. The van der Waals surface area contributed by atoms with Gasteiger partial charge in [-0.1, -0.05) is 0 Å². The SMILES string of the molecule is CCN(CCOC)c1cnc(C#N)cn1. The van der Waals surface area contributed by atoms with Gasteiger partial charge in [-0.2, -0.15) is 5.26 Å². The van der Waals surface area contributed by atoms with Gasteiger partial charge in [-0.05, 0) is 6.92 Å². The zero-order valence-corrected chi connectivity index (χ0v) is 8.97. The van der Waals surface area contributed by atoms with E-state index in [1.807, 2.05) is 17.9 Å². The van der Waals surface area contributed by atoms with Crippen molar-refractivity contribution in [2.75, 3.05) is 31.7 Å². The first-order valence-corrected chi connectivity index (χ1v) is 4.77. The largest absolute Gasteiger partial charge is 0.383 e. The van der Waals surface area contributed by atoms with Gasteiger partial charge in [0.15, 0.2) is 5.69 Å². The van der Waals surface area contributed by atoms with E-state index in [1.165, 1.54) is 6.20 Å². The fourth-order valence-electron chi connectivity index (χ4n) is 1.18. The first-order chi connectivity index (χ1) is 7.31. The molecule has 5 nitrogen and oxygen atoms in total. The molecule has 0 atom stereocenters. The molecular formula is C10H14N4O. The minimum Gasteiger partial charge on any atom is -0.383 e. The minimum absolute atomic E-state index is 0.335. The number of hydrogen-bond donors (Lipinski definition) is 0. The van der Waals surface area contributed by atoms with Crippen molar-refractivity contribution < 1.29 is 4.74 Å². The van der Waals surface area contributed by atoms with Crippen LogP contribution in [0.3, 0.4) is 0 Å². The van der Waals surface area contributed by atoms with E-state index < -0.39 is 0 Å². The number of aromatic nitrogens is 2. The average molecular weight is 206 g/mol. The zero-order chi connectivity index (χ0) is 11.1. The topological polar surface area (TPSA) is 62.0 Å². The third kappa shape index (κ3) is 3.18. The second-order valence-corrected chi connectivity index (χ2v) is 2.94. The summed E-state index contributed by atoms with van der Waals surface area (Å²) in [6, 6.07) is 1.94. The van der Waals surface area contributed by atoms with Crippen molar-refractivity contribution in [2.24, 2.45) is 0 Å². The van der Waals surface area contributed by atoms with Gasteiger partial charge in [-0.15, -0.1) is 0 Å². The molecule has 0 radical (unpaired) electrons. The molecule has 1 aromatic rings. The third-order valence-electron chi connectivity index (χ3n) is 2.02. The van der Waals surface area contributed by atoms with Gasteiger partial charge >= 0.3 is 0 Å². The summed E-state index contributed by atoms with van der Waals surface area (Å²) in [4.78, 5) is 10.2. The van der Waals surface area contributed by atoms with Gasteiger partial charge in [0.1, 0.15) is 11.9 Å². The first kappa shape index (κ1) is 11.4. The molecular weight excluding hydrogens is 192 g/mol. The molecule has 0 amide bonds. The van der Waals surface area contributed by atoms with Crippen LogP contribution in [0.15, 0.2) is 12.4 Å². The van der Waals surface area contributed by atoms with Crippen LogP contribution >= 0.6 is 0 Å². The number of nitrogens with zero attached hydrogens (tertiary/aromatic N) is 4. The summed E-state index contributed by atoms with van der Waals surface area (Å²) in [6.07, 6.45) is 3.09. The lowest BCUT2D eigenvalue weighted by Crippen LogP contribution is -2.27. The number of rotatable bonds is 5. The van der Waals surface area contributed by atoms with Crippen LogP contribution in [0.4, 0.5) is 5.82 Å². The minimum atomic E-state index is 0.335. The molecule has 1 heterocycles. The maximum Gasteiger partial charge on any atom is 0.158 e. The fourth-order valence-corrected chi connectivity index (χ4v) is 1.18. The molecule has 0 fully saturated rings. The van der Waals surface area contributed by atoms with Gasteiger partial charge < -0.3 is 9.64 Å². The Morgan fingerprint density at radius 1 is 1.47 bits per heavy atom. The predicted molar refractivity (Wildman–Crippen MR) is 56.5 cm³/mol. The molecule has 0 unspecified atom stereocenters. The monoisotopic (exact) mass is 206 g/mol. The lowest BCUT2D eigenvalue weighted by Gasteiger charge is -2.20. The maximum atomic E-state index is 8.58. The van der Waals surface area contributed by atoms with Crippen molar-refractivity contribution in [3.63, 3.8) is 0 Å². The summed E-state index contributed by atoms with van der Waals surface area (Å²) in [5, 5.41) is 8.58. The van der Waals surface area contributed by atoms with E-state index in [9.17, 15) is 0 Å². The molecule has 80 valence electrons. The molecule has 0 aliphatic rings. The van der Waals surface area contributed by atoms with E-state index in [1.54, 1.807) is 13.3 Å². The molecule has 0 saturated heterocycles. The van der Waals surface area contributed by atoms with E-state index in [4.69, 9.17) is 10.00 Å². The summed E-state index contributed by atoms with van der Waals surface area (Å²) in [6.45, 7) is 4.29. The lowest BCUT2D eigenvalue weighted by molar-refractivity contribution is 0.205. The smallest absolute Gasteiger partial charge is 0.158 e. The summed E-state index contributed by atoms with van der Waals surface area (Å²) in [7, 11) is 1.66. The molecule has 1 rings (SSSR count). The third-order valence-corrected chi connectivity index (χ3v) is 2.02. The molecule has 0 aromatic carbocycles. The quantitative estimate of drug-likeness (QED) is 0.713. The van der Waals surface area contributed by atoms with Gasteiger partial charge in [0.05, 0.1) is 19.0 Å². The normalized spacial score (nSPS) is 9.67. The van der Waals surface area contributed by atoms with Crippen LogP contribution in [0.5, 0.6) is 0 Å². The molecule has 15 heavy (non-hydrogen) atoms. The maximum absolute atomic E-state index is 8.58. The molecule has 0 aliphatic carbocycles. The van der Waals surface area contributed by atoms with Crippen LogP contribution in [0.25, 0.3) is 0 Å². The Labute approximate surface area is 89.3 Å². The second-order valence-electron chi connectivity index (χ2n) is 2.94. The predicted octanol–water partition coefficient (Wildman–Crippen LogP) is 0.821. The van der Waals surface area contributed by atoms with Crippen LogP contribution < -0.4 is 4.90 Å². The Balaban J connectivity index is 2.70. The molecule has 0 N–H and O–H groups in total. The highest BCUT2D eigenvalue weighted by molar-refractivity contribution is 5.36. The number of hydrogen-bond acceptors (Lipinski definition) is 5. The van der Waals surface area contributed by atoms with Gasteiger partial charge in [0, 0.05) is 20.2 Å². The molecule has 0 bridgehead atoms. The van der Waals surface area contributed by atoms with E-state index in [2.05, 4.69) is 9.97 Å². The van der Waals surface area contributed by atoms with Crippen molar-refractivity contribution in [3.8, 4) is 6.07 Å². The van der Waals surface area contributed by atoms with Crippen LogP contribution in [0.1, 0.15) is 12.6 Å². The van der Waals surface area contributed by atoms with Crippen molar-refractivity contribution in [1.29, 1.82) is 5.26 Å². The van der Waals surface area contributed by atoms with E-state index >= 15 is 0 Å². The Kier molecular flexibility index (Phi) is 4.51. The van der Waals surface area contributed by atoms with Crippen molar-refractivity contribution >= 4 is 5.82 Å². The summed E-state index contributed by atoms with van der Waals surface area (Å²) in [5.41, 5.74) is 0.335. The fraction of sp³-hybridized carbons (Fsp3) is 0.500. The van der Waals surface area contributed by atoms with Gasteiger partial charge in [0.2, 0.25) is 0 Å². The Morgan fingerprint density at radius 3 is 2.73 bits per heavy atom. The van der Waals surface area contributed by atoms with Crippen LogP contribution in [0, 0.1) is 11.3 Å². The zero-order valence-electron chi connectivity index (χ0n) is 8.97. The van der Waals surface area contributed by atoms with Crippen molar-refractivity contribution in [3.05, 3.63) is 18.1 Å². The van der Waals surface area contributed by atoms with Crippen molar-refractivity contribution in [1.82, 2.24) is 9.97 Å². The average Bonchev–Trinajstić information content (AvgIpc) is 2.31. The highest BCUT2D eigenvalue weighted by Crippen LogP contribution is 2.07. The number of likely N-dealkylation sites (N-methyl/N-ethyl adjacent to an activating group) is 1. The molecule has 0 saturated carbocycles. The Morgan fingerprint density at radius 2 is 2.27 bits per heavy atom. The van der Waals surface area contributed by atoms with Crippen LogP contribution in [0.2, 0.25) is 0 Å². The summed E-state index contributed by atoms with van der Waals surface area (Å²) in [5.74, 6) is 0.772. The number of anilines is 1. The van der Waals surface area contributed by atoms with Crippen LogP contribution in [-0.4, -0.2) is 36.8 Å². The van der Waals surface area contributed by atoms with E-state index in [-0.39, 0.29) is 0 Å². The first-order valence-electron chi connectivity index (χ1n) is 4.77. The number of nitriles is 1. The standard InChI is InChI=1S/C10H14N4O/c1-3-14(4-5-15-2)10-8-12-9(6-11)7-13-10/h7-8H,3-5H2,1-2H3. The highest BCUT2D eigenvalue weighted by Gasteiger charge is 2.05.